The third-order valence-electron chi connectivity index (χ3n) is 3.07. The van der Waals surface area contributed by atoms with Gasteiger partial charge in [-0.2, -0.15) is 0 Å². The van der Waals surface area contributed by atoms with Gasteiger partial charge in [-0.15, -0.1) is 0 Å². The van der Waals surface area contributed by atoms with Crippen molar-refractivity contribution in [2.75, 3.05) is 32.1 Å². The molecule has 0 aliphatic carbocycles. The fourth-order valence-electron chi connectivity index (χ4n) is 1.94. The fraction of sp³-hybridized carbons (Fsp3) is 1.00. The van der Waals surface area contributed by atoms with Gasteiger partial charge in [0.15, 0.2) is 0 Å². The molecule has 4 heteroatoms. The predicted octanol–water partition coefficient (Wildman–Crippen LogP) is 5.09. The van der Waals surface area contributed by atoms with Crippen LogP contribution in [-0.4, -0.2) is 32.1 Å². The summed E-state index contributed by atoms with van der Waals surface area (Å²) in [5.74, 6) is 0. The summed E-state index contributed by atoms with van der Waals surface area (Å²) >= 11 is 0. The number of ether oxygens (including phenoxy) is 2. The van der Waals surface area contributed by atoms with Crippen molar-refractivity contribution in [1.82, 2.24) is 0 Å². The molecule has 0 bridgehead atoms. The molecule has 0 heterocycles. The summed E-state index contributed by atoms with van der Waals surface area (Å²) in [5, 5.41) is 0. The van der Waals surface area contributed by atoms with E-state index < -0.39 is 7.14 Å². The normalized spacial score (nSPS) is 11.9. The van der Waals surface area contributed by atoms with Gasteiger partial charge in [0.2, 0.25) is 0 Å². The second-order valence-corrected chi connectivity index (χ2v) is 8.35. The van der Waals surface area contributed by atoms with Crippen molar-refractivity contribution in [3.05, 3.63) is 0 Å². The molecule has 0 aromatic rings. The molecule has 0 N–H and O–H groups in total. The molecule has 0 saturated carbocycles. The maximum Gasteiger partial charge on any atom is 0.136 e. The summed E-state index contributed by atoms with van der Waals surface area (Å²) in [5.41, 5.74) is 0. The van der Waals surface area contributed by atoms with Gasteiger partial charge in [0, 0.05) is 19.4 Å². The first-order valence-electron chi connectivity index (χ1n) is 7.91. The zero-order valence-electron chi connectivity index (χ0n) is 13.2. The molecule has 0 amide bonds. The lowest BCUT2D eigenvalue weighted by molar-refractivity contribution is 0.150. The van der Waals surface area contributed by atoms with Crippen LogP contribution < -0.4 is 0 Å². The third kappa shape index (κ3) is 11.7. The van der Waals surface area contributed by atoms with Gasteiger partial charge < -0.3 is 14.0 Å². The Balaban J connectivity index is 3.80. The number of hydrogen-bond acceptors (Lipinski definition) is 3. The monoisotopic (exact) mass is 292 g/mol. The first-order chi connectivity index (χ1) is 9.18. The predicted molar refractivity (Wildman–Crippen MR) is 83.5 cm³/mol. The quantitative estimate of drug-likeness (QED) is 0.330. The van der Waals surface area contributed by atoms with Gasteiger partial charge >= 0.3 is 0 Å². The van der Waals surface area contributed by atoms with Crippen LogP contribution in [0.25, 0.3) is 0 Å². The van der Waals surface area contributed by atoms with Crippen LogP contribution >= 0.6 is 7.14 Å². The second kappa shape index (κ2) is 13.1. The standard InChI is InChI=1S/C15H33O3P/c1-4-7-9-11-17-14-19(16,13-6-3)15-18-12-10-8-5-2/h4-15H2,1-3H3. The Bertz CT molecular complexity index is 213. The van der Waals surface area contributed by atoms with E-state index in [0.717, 1.165) is 38.6 Å². The van der Waals surface area contributed by atoms with Gasteiger partial charge in [0.25, 0.3) is 0 Å². The van der Waals surface area contributed by atoms with Crippen molar-refractivity contribution in [3.63, 3.8) is 0 Å². The molecule has 116 valence electrons. The highest BCUT2D eigenvalue weighted by atomic mass is 31.2. The molecule has 3 nitrogen and oxygen atoms in total. The lowest BCUT2D eigenvalue weighted by atomic mass is 10.3. The Hall–Kier alpha value is 0.150. The molecular formula is C15H33O3P. The Morgan fingerprint density at radius 3 is 1.58 bits per heavy atom. The van der Waals surface area contributed by atoms with Crippen LogP contribution in [0.3, 0.4) is 0 Å². The molecule has 0 saturated heterocycles. The van der Waals surface area contributed by atoms with Crippen molar-refractivity contribution in [2.24, 2.45) is 0 Å². The van der Waals surface area contributed by atoms with Crippen molar-refractivity contribution in [2.45, 2.75) is 65.7 Å². The number of hydrogen-bond donors (Lipinski definition) is 0. The lowest BCUT2D eigenvalue weighted by Crippen LogP contribution is -2.07. The van der Waals surface area contributed by atoms with Crippen LogP contribution in [0.15, 0.2) is 0 Å². The highest BCUT2D eigenvalue weighted by Crippen LogP contribution is 2.46. The Morgan fingerprint density at radius 2 is 1.21 bits per heavy atom. The molecule has 0 rings (SSSR count). The Labute approximate surface area is 119 Å². The van der Waals surface area contributed by atoms with E-state index in [1.165, 1.54) is 25.7 Å². The van der Waals surface area contributed by atoms with Gasteiger partial charge in [-0.3, -0.25) is 0 Å². The van der Waals surface area contributed by atoms with E-state index in [-0.39, 0.29) is 0 Å². The lowest BCUT2D eigenvalue weighted by Gasteiger charge is -2.18. The van der Waals surface area contributed by atoms with Crippen molar-refractivity contribution < 1.29 is 14.0 Å². The molecule has 0 unspecified atom stereocenters. The molecule has 0 spiro atoms. The first-order valence-corrected chi connectivity index (χ1v) is 10.2. The molecule has 0 aromatic heterocycles. The molecule has 0 aliphatic rings. The number of unbranched alkanes of at least 4 members (excludes halogenated alkanes) is 4. The van der Waals surface area contributed by atoms with Crippen LogP contribution in [0.5, 0.6) is 0 Å². The van der Waals surface area contributed by atoms with Gasteiger partial charge in [0.1, 0.15) is 19.8 Å². The second-order valence-electron chi connectivity index (χ2n) is 5.27. The minimum Gasteiger partial charge on any atom is -0.374 e. The molecule has 0 aliphatic heterocycles. The van der Waals surface area contributed by atoms with E-state index in [9.17, 15) is 4.57 Å². The topological polar surface area (TPSA) is 35.5 Å². The maximum absolute atomic E-state index is 12.6. The maximum atomic E-state index is 12.6. The minimum absolute atomic E-state index is 0.401. The molecular weight excluding hydrogens is 259 g/mol. The first kappa shape index (κ1) is 19.1. The molecule has 19 heavy (non-hydrogen) atoms. The number of rotatable bonds is 14. The largest absolute Gasteiger partial charge is 0.374 e. The van der Waals surface area contributed by atoms with Crippen LogP contribution in [0, 0.1) is 0 Å². The van der Waals surface area contributed by atoms with E-state index in [4.69, 9.17) is 9.47 Å². The summed E-state index contributed by atoms with van der Waals surface area (Å²) in [7, 11) is -2.26. The molecule has 0 fully saturated rings. The zero-order valence-corrected chi connectivity index (χ0v) is 14.1. The summed E-state index contributed by atoms with van der Waals surface area (Å²) in [6.07, 6.45) is 9.38. The van der Waals surface area contributed by atoms with Crippen molar-refractivity contribution >= 4 is 7.14 Å². The van der Waals surface area contributed by atoms with Crippen LogP contribution in [0.2, 0.25) is 0 Å². The highest BCUT2D eigenvalue weighted by molar-refractivity contribution is 7.63. The van der Waals surface area contributed by atoms with Crippen molar-refractivity contribution in [3.8, 4) is 0 Å². The average molecular weight is 292 g/mol. The molecule has 0 radical (unpaired) electrons. The zero-order chi connectivity index (χ0) is 14.4. The smallest absolute Gasteiger partial charge is 0.136 e. The Kier molecular flexibility index (Phi) is 13.3. The molecule has 0 atom stereocenters. The van der Waals surface area contributed by atoms with Crippen LogP contribution in [0.1, 0.15) is 65.7 Å². The van der Waals surface area contributed by atoms with Gasteiger partial charge in [-0.25, -0.2) is 0 Å². The van der Waals surface area contributed by atoms with E-state index in [1.54, 1.807) is 0 Å². The van der Waals surface area contributed by atoms with E-state index in [0.29, 0.717) is 12.7 Å². The van der Waals surface area contributed by atoms with E-state index in [1.807, 2.05) is 0 Å². The third-order valence-corrected chi connectivity index (χ3v) is 5.64. The highest BCUT2D eigenvalue weighted by Gasteiger charge is 2.21. The average Bonchev–Trinajstić information content (AvgIpc) is 2.39. The Morgan fingerprint density at radius 1 is 0.737 bits per heavy atom. The van der Waals surface area contributed by atoms with E-state index >= 15 is 0 Å². The van der Waals surface area contributed by atoms with E-state index in [2.05, 4.69) is 20.8 Å². The molecule has 0 aromatic carbocycles. The summed E-state index contributed by atoms with van der Waals surface area (Å²) in [6, 6.07) is 0. The fourth-order valence-corrected chi connectivity index (χ4v) is 4.02. The summed E-state index contributed by atoms with van der Waals surface area (Å²) in [6.45, 7) is 7.88. The minimum atomic E-state index is -2.26. The summed E-state index contributed by atoms with van der Waals surface area (Å²) in [4.78, 5) is 0. The van der Waals surface area contributed by atoms with Crippen LogP contribution in [0.4, 0.5) is 0 Å². The van der Waals surface area contributed by atoms with Crippen LogP contribution in [-0.2, 0) is 14.0 Å². The van der Waals surface area contributed by atoms with Gasteiger partial charge in [-0.05, 0) is 19.3 Å². The van der Waals surface area contributed by atoms with Gasteiger partial charge in [0.05, 0.1) is 0 Å². The van der Waals surface area contributed by atoms with Gasteiger partial charge in [-0.1, -0.05) is 46.5 Å². The SMILES string of the molecule is CCCCCOCP(=O)(CCC)COCCCCC. The van der Waals surface area contributed by atoms with Crippen molar-refractivity contribution in [1.29, 1.82) is 0 Å². The summed E-state index contributed by atoms with van der Waals surface area (Å²) < 4.78 is 23.8.